The molecule has 0 aliphatic carbocycles. The fourth-order valence-electron chi connectivity index (χ4n) is 3.52. The van der Waals surface area contributed by atoms with Crippen LogP contribution in [0.1, 0.15) is 28.8 Å². The highest BCUT2D eigenvalue weighted by Gasteiger charge is 2.15. The van der Waals surface area contributed by atoms with Gasteiger partial charge in [0.2, 0.25) is 5.91 Å². The zero-order valence-electron chi connectivity index (χ0n) is 16.7. The van der Waals surface area contributed by atoms with Crippen LogP contribution in [0.25, 0.3) is 22.3 Å². The zero-order valence-corrected chi connectivity index (χ0v) is 17.4. The van der Waals surface area contributed by atoms with E-state index < -0.39 is 5.91 Å². The van der Waals surface area contributed by atoms with Crippen LogP contribution in [0, 0.1) is 0 Å². The minimum absolute atomic E-state index is 0.264. The number of para-hydroxylation sites is 1. The van der Waals surface area contributed by atoms with Crippen LogP contribution in [0.4, 0.5) is 0 Å². The smallest absolute Gasteiger partial charge is 0.271 e. The van der Waals surface area contributed by atoms with E-state index in [1.807, 2.05) is 36.4 Å². The summed E-state index contributed by atoms with van der Waals surface area (Å²) < 4.78 is 0. The first kappa shape index (κ1) is 20.6. The van der Waals surface area contributed by atoms with Crippen molar-refractivity contribution in [3.05, 3.63) is 89.1 Å². The number of halogens is 1. The molecule has 0 aliphatic heterocycles. The van der Waals surface area contributed by atoms with Gasteiger partial charge in [0.15, 0.2) is 0 Å². The lowest BCUT2D eigenvalue weighted by Crippen LogP contribution is -2.41. The van der Waals surface area contributed by atoms with E-state index >= 15 is 0 Å². The molecule has 2 heterocycles. The van der Waals surface area contributed by atoms with Gasteiger partial charge in [-0.05, 0) is 48.7 Å². The topological polar surface area (TPSA) is 86.9 Å². The number of fused-ring (bicyclic) bond motifs is 1. The number of hydrogen-bond donors (Lipinski definition) is 3. The molecule has 2 aromatic heterocycles. The van der Waals surface area contributed by atoms with Crippen molar-refractivity contribution in [2.75, 3.05) is 0 Å². The number of benzene rings is 2. The van der Waals surface area contributed by atoms with Crippen molar-refractivity contribution in [3.63, 3.8) is 0 Å². The highest BCUT2D eigenvalue weighted by Crippen LogP contribution is 2.30. The van der Waals surface area contributed by atoms with Gasteiger partial charge in [0.1, 0.15) is 0 Å². The second-order valence-electron chi connectivity index (χ2n) is 7.07. The van der Waals surface area contributed by atoms with Gasteiger partial charge < -0.3 is 4.98 Å². The Hall–Kier alpha value is -3.64. The van der Waals surface area contributed by atoms with Gasteiger partial charge in [-0.1, -0.05) is 48.0 Å². The third kappa shape index (κ3) is 4.75. The van der Waals surface area contributed by atoms with Crippen molar-refractivity contribution in [3.8, 4) is 11.4 Å². The highest BCUT2D eigenvalue weighted by molar-refractivity contribution is 6.33. The van der Waals surface area contributed by atoms with E-state index in [1.54, 1.807) is 30.5 Å². The van der Waals surface area contributed by atoms with Gasteiger partial charge in [0.05, 0.1) is 22.0 Å². The maximum Gasteiger partial charge on any atom is 0.271 e. The predicted molar refractivity (Wildman–Crippen MR) is 122 cm³/mol. The molecule has 3 N–H and O–H groups in total. The number of carbonyl (C=O) groups excluding carboxylic acids is 2. The van der Waals surface area contributed by atoms with Crippen molar-refractivity contribution in [2.45, 2.75) is 19.3 Å². The average Bonchev–Trinajstić information content (AvgIpc) is 3.17. The van der Waals surface area contributed by atoms with Gasteiger partial charge >= 0.3 is 0 Å². The van der Waals surface area contributed by atoms with Gasteiger partial charge in [-0.15, -0.1) is 0 Å². The molecule has 0 unspecified atom stereocenters. The molecular formula is C24H21ClN4O2. The van der Waals surface area contributed by atoms with Gasteiger partial charge in [-0.2, -0.15) is 0 Å². The first-order valence-corrected chi connectivity index (χ1v) is 10.4. The second kappa shape index (κ2) is 9.45. The van der Waals surface area contributed by atoms with Crippen molar-refractivity contribution in [1.82, 2.24) is 20.8 Å². The standard InChI is InChI=1S/C24H21ClN4O2/c25-19-11-3-1-9-18(19)24(31)29-28-22(30)14-7-10-17-16-8-2-4-12-20(16)27-23(17)21-13-5-6-15-26-21/h1-6,8-9,11-13,15,27H,7,10,14H2,(H,28,30)(H,29,31). The molecule has 0 saturated carbocycles. The molecular weight excluding hydrogens is 412 g/mol. The molecule has 0 spiro atoms. The molecule has 2 amide bonds. The van der Waals surface area contributed by atoms with Gasteiger partial charge in [-0.25, -0.2) is 0 Å². The zero-order chi connectivity index (χ0) is 21.6. The predicted octanol–water partition coefficient (Wildman–Crippen LogP) is 4.67. The Kier molecular flexibility index (Phi) is 6.29. The quantitative estimate of drug-likeness (QED) is 0.387. The Morgan fingerprint density at radius 1 is 0.935 bits per heavy atom. The molecule has 2 aromatic carbocycles. The maximum absolute atomic E-state index is 12.2. The van der Waals surface area contributed by atoms with Crippen LogP contribution in [0.5, 0.6) is 0 Å². The summed E-state index contributed by atoms with van der Waals surface area (Å²) in [6.07, 6.45) is 3.35. The number of hydrogen-bond acceptors (Lipinski definition) is 3. The summed E-state index contributed by atoms with van der Waals surface area (Å²) in [5.41, 5.74) is 9.17. The molecule has 31 heavy (non-hydrogen) atoms. The van der Waals surface area contributed by atoms with Crippen molar-refractivity contribution in [2.24, 2.45) is 0 Å². The van der Waals surface area contributed by atoms with E-state index in [0.29, 0.717) is 23.4 Å². The number of carbonyl (C=O) groups is 2. The number of H-pyrrole nitrogens is 1. The summed E-state index contributed by atoms with van der Waals surface area (Å²) >= 11 is 6.01. The largest absolute Gasteiger partial charge is 0.353 e. The van der Waals surface area contributed by atoms with Crippen molar-refractivity contribution >= 4 is 34.3 Å². The summed E-state index contributed by atoms with van der Waals surface area (Å²) in [6, 6.07) is 20.5. The SMILES string of the molecule is O=C(CCCc1c(-c2ccccn2)[nH]c2ccccc12)NNC(=O)c1ccccc1Cl. The molecule has 0 bridgehead atoms. The number of nitrogens with one attached hydrogen (secondary N) is 3. The minimum Gasteiger partial charge on any atom is -0.353 e. The number of pyridine rings is 1. The molecule has 0 radical (unpaired) electrons. The highest BCUT2D eigenvalue weighted by atomic mass is 35.5. The minimum atomic E-state index is -0.451. The molecule has 6 nitrogen and oxygen atoms in total. The second-order valence-corrected chi connectivity index (χ2v) is 7.48. The third-order valence-electron chi connectivity index (χ3n) is 5.00. The Balaban J connectivity index is 1.39. The van der Waals surface area contributed by atoms with Crippen LogP contribution < -0.4 is 10.9 Å². The van der Waals surface area contributed by atoms with Crippen molar-refractivity contribution < 1.29 is 9.59 Å². The molecule has 4 rings (SSSR count). The summed E-state index contributed by atoms with van der Waals surface area (Å²) in [7, 11) is 0. The molecule has 0 saturated heterocycles. The molecule has 0 atom stereocenters. The normalized spacial score (nSPS) is 10.7. The number of aryl methyl sites for hydroxylation is 1. The van der Waals surface area contributed by atoms with E-state index in [2.05, 4.69) is 26.9 Å². The monoisotopic (exact) mass is 432 g/mol. The average molecular weight is 433 g/mol. The summed E-state index contributed by atoms with van der Waals surface area (Å²) in [4.78, 5) is 32.3. The van der Waals surface area contributed by atoms with Crippen LogP contribution in [-0.2, 0) is 11.2 Å². The van der Waals surface area contributed by atoms with E-state index in [9.17, 15) is 9.59 Å². The van der Waals surface area contributed by atoms with Crippen LogP contribution in [-0.4, -0.2) is 21.8 Å². The van der Waals surface area contributed by atoms with Crippen LogP contribution >= 0.6 is 11.6 Å². The molecule has 4 aromatic rings. The number of hydrazine groups is 1. The molecule has 156 valence electrons. The summed E-state index contributed by atoms with van der Waals surface area (Å²) in [6.45, 7) is 0. The number of rotatable bonds is 6. The Morgan fingerprint density at radius 2 is 1.71 bits per heavy atom. The van der Waals surface area contributed by atoms with Crippen molar-refractivity contribution in [1.29, 1.82) is 0 Å². The van der Waals surface area contributed by atoms with Gasteiger partial charge in [-0.3, -0.25) is 25.4 Å². The fraction of sp³-hybridized carbons (Fsp3) is 0.125. The molecule has 0 aliphatic rings. The lowest BCUT2D eigenvalue weighted by molar-refractivity contribution is -0.121. The number of aromatic nitrogens is 2. The fourth-order valence-corrected chi connectivity index (χ4v) is 3.74. The molecule has 7 heteroatoms. The van der Waals surface area contributed by atoms with E-state index in [0.717, 1.165) is 27.9 Å². The third-order valence-corrected chi connectivity index (χ3v) is 5.33. The van der Waals surface area contributed by atoms with Gasteiger partial charge in [0, 0.05) is 23.5 Å². The van der Waals surface area contributed by atoms with Crippen LogP contribution in [0.2, 0.25) is 5.02 Å². The summed E-state index contributed by atoms with van der Waals surface area (Å²) in [5.74, 6) is -0.715. The number of nitrogens with zero attached hydrogens (tertiary/aromatic N) is 1. The van der Waals surface area contributed by atoms with Crippen LogP contribution in [0.3, 0.4) is 0 Å². The maximum atomic E-state index is 12.2. The Morgan fingerprint density at radius 3 is 2.52 bits per heavy atom. The lowest BCUT2D eigenvalue weighted by atomic mass is 10.0. The first-order valence-electron chi connectivity index (χ1n) is 9.98. The van der Waals surface area contributed by atoms with E-state index in [-0.39, 0.29) is 12.3 Å². The van der Waals surface area contributed by atoms with Gasteiger partial charge in [0.25, 0.3) is 5.91 Å². The summed E-state index contributed by atoms with van der Waals surface area (Å²) in [5, 5.41) is 1.45. The first-order chi connectivity index (χ1) is 15.1. The number of aromatic amines is 1. The molecule has 0 fully saturated rings. The lowest BCUT2D eigenvalue weighted by Gasteiger charge is -2.09. The number of amides is 2. The Labute approximate surface area is 184 Å². The Bertz CT molecular complexity index is 1220. The van der Waals surface area contributed by atoms with E-state index in [1.165, 1.54) is 0 Å². The van der Waals surface area contributed by atoms with E-state index in [4.69, 9.17) is 11.6 Å². The van der Waals surface area contributed by atoms with Crippen LogP contribution in [0.15, 0.2) is 72.9 Å².